The lowest BCUT2D eigenvalue weighted by molar-refractivity contribution is 0.234. The second-order valence-corrected chi connectivity index (χ2v) is 39.7. The number of ether oxygens (including phenoxy) is 9. The molecule has 0 unspecified atom stereocenters. The van der Waals surface area contributed by atoms with Gasteiger partial charge >= 0.3 is 0 Å². The molecule has 0 saturated carbocycles. The van der Waals surface area contributed by atoms with Crippen LogP contribution in [-0.4, -0.2) is 119 Å². The molecule has 0 atom stereocenters. The first-order chi connectivity index (χ1) is 68.3. The van der Waals surface area contributed by atoms with E-state index in [9.17, 15) is 0 Å². The van der Waals surface area contributed by atoms with Crippen LogP contribution in [0, 0.1) is 0 Å². The van der Waals surface area contributed by atoms with Crippen molar-refractivity contribution in [2.45, 2.75) is 525 Å². The van der Waals surface area contributed by atoms with Crippen molar-refractivity contribution in [2.75, 3.05) is 59.5 Å². The van der Waals surface area contributed by atoms with E-state index in [4.69, 9.17) is 88.5 Å². The molecule has 0 saturated heterocycles. The van der Waals surface area contributed by atoms with Crippen LogP contribution in [0.3, 0.4) is 0 Å². The lowest BCUT2D eigenvalue weighted by Crippen LogP contribution is -2.08. The molecular weight excluding hydrogens is 1720 g/mol. The van der Waals surface area contributed by atoms with Crippen LogP contribution in [0.15, 0.2) is 55.0 Å². The first-order valence-electron chi connectivity index (χ1n) is 58.0. The Balaban J connectivity index is 1.36. The van der Waals surface area contributed by atoms with E-state index >= 15 is 0 Å². The molecule has 0 aliphatic heterocycles. The van der Waals surface area contributed by atoms with Crippen molar-refractivity contribution >= 4 is 0 Å². The van der Waals surface area contributed by atoms with Crippen LogP contribution < -0.4 is 42.6 Å². The Morgan fingerprint density at radius 2 is 0.297 bits per heavy atom. The molecule has 0 aliphatic rings. The van der Waals surface area contributed by atoms with Gasteiger partial charge in [0, 0.05) is 36.4 Å². The van der Waals surface area contributed by atoms with Crippen molar-refractivity contribution in [3.63, 3.8) is 0 Å². The third kappa shape index (κ3) is 50.8. The molecule has 4 heterocycles. The number of unbranched alkanes of at least 4 members (excludes halogenated alkanes) is 63. The summed E-state index contributed by atoms with van der Waals surface area (Å²) in [6, 6.07) is 12.2. The molecule has 0 radical (unpaired) electrons. The fourth-order valence-electron chi connectivity index (χ4n) is 18.1. The normalized spacial score (nSPS) is 11.5. The van der Waals surface area contributed by atoms with Gasteiger partial charge < -0.3 is 42.6 Å². The highest BCUT2D eigenvalue weighted by atomic mass is 16.6. The van der Waals surface area contributed by atoms with E-state index in [1.165, 1.54) is 347 Å². The van der Waals surface area contributed by atoms with Gasteiger partial charge in [-0.1, -0.05) is 482 Å². The summed E-state index contributed by atoms with van der Waals surface area (Å²) in [4.78, 5) is 15.9. The third-order valence-electron chi connectivity index (χ3n) is 26.9. The average molecular weight is 1920 g/mol. The minimum atomic E-state index is 0.241. The second-order valence-electron chi connectivity index (χ2n) is 39.7. The highest BCUT2D eigenvalue weighted by molar-refractivity contribution is 5.64. The Bertz CT molecular complexity index is 3530. The summed E-state index contributed by atoms with van der Waals surface area (Å²) in [6.07, 6.45) is 91.9. The van der Waals surface area contributed by atoms with E-state index in [0.717, 1.165) is 116 Å². The Labute approximate surface area is 840 Å². The third-order valence-corrected chi connectivity index (χ3v) is 26.9. The monoisotopic (exact) mass is 1920 g/mol. The maximum Gasteiger partial charge on any atom is 0.203 e. The zero-order valence-electron chi connectivity index (χ0n) is 89.5. The maximum absolute atomic E-state index is 6.91. The fraction of sp³-hybridized carbons (Fsp3) is 0.769. The van der Waals surface area contributed by atoms with Gasteiger partial charge in [0.2, 0.25) is 17.2 Å². The highest BCUT2D eigenvalue weighted by Crippen LogP contribution is 2.45. The summed E-state index contributed by atoms with van der Waals surface area (Å²) in [5.74, 6) is 6.42. The lowest BCUT2D eigenvalue weighted by Gasteiger charge is -2.19. The number of aromatic nitrogens is 12. The summed E-state index contributed by atoms with van der Waals surface area (Å²) in [5.41, 5.74) is 3.25. The molecule has 0 spiro atoms. The molecule has 0 N–H and O–H groups in total. The topological polar surface area (TPSA) is 214 Å². The number of benzene rings is 3. The molecule has 21 heteroatoms. The highest BCUT2D eigenvalue weighted by Gasteiger charge is 2.26. The zero-order valence-corrected chi connectivity index (χ0v) is 89.5. The van der Waals surface area contributed by atoms with Crippen LogP contribution in [0.4, 0.5) is 0 Å². The van der Waals surface area contributed by atoms with Crippen molar-refractivity contribution in [2.24, 2.45) is 0 Å². The van der Waals surface area contributed by atoms with Gasteiger partial charge in [0.15, 0.2) is 69.1 Å². The van der Waals surface area contributed by atoms with Crippen LogP contribution in [0.25, 0.3) is 51.6 Å². The van der Waals surface area contributed by atoms with Gasteiger partial charge in [-0.2, -0.15) is 0 Å². The minimum Gasteiger partial charge on any atom is -0.489 e. The van der Waals surface area contributed by atoms with Crippen LogP contribution in [0.2, 0.25) is 0 Å². The SMILES string of the molecule is CCCCCCCCCCOc1cc(-n2cc(-c3nc(-c4cn(-c5cc(OCCCCCCCCCC)c(OCCCCCCCCCC)c(OCCCCCCCCCC)c5)nn4)nc(-c4cn(-c5cc(OCCCCCCCCCC)c(OCCCCCCCCCC)c(OCCCCCCCCCC)c5)nn4)n3)nn2)cc(OCCCCCCCCCC)c1OCCCCCCCCCC. The standard InChI is InChI=1S/C117H198N12O9/c1-10-19-28-37-46-55-64-73-82-130-106-91-100(92-107(131-83-74-65-56-47-38-29-20-11-2)112(106)136-88-79-70-61-52-43-34-25-16-7)127-97-103(121-124-127)115-118-116(104-98-128(125-122-104)101-93-108(132-84-75-66-57-48-39-30-21-12-3)113(137-89-80-71-62-53-44-35-26-17-8)109(94-101)133-85-76-67-58-49-40-31-22-13-4)120-117(119-115)105-99-129(126-123-105)102-95-110(134-86-77-68-59-50-41-32-23-14-5)114(138-90-81-72-63-54-45-36-27-18-9)111(96-102)135-87-78-69-60-51-42-33-24-15-6/h91-99H,10-90H2,1-9H3. The Hall–Kier alpha value is -7.71. The Kier molecular flexibility index (Phi) is 67.8. The van der Waals surface area contributed by atoms with E-state index in [0.29, 0.717) is 145 Å². The zero-order chi connectivity index (χ0) is 97.5. The van der Waals surface area contributed by atoms with Gasteiger partial charge in [0.25, 0.3) is 0 Å². The second kappa shape index (κ2) is 79.8. The van der Waals surface area contributed by atoms with Crippen LogP contribution in [-0.2, 0) is 0 Å². The molecule has 0 amide bonds. The summed E-state index contributed by atoms with van der Waals surface area (Å²) in [7, 11) is 0. The Morgan fingerprint density at radius 3 is 0.442 bits per heavy atom. The van der Waals surface area contributed by atoms with Crippen molar-refractivity contribution in [1.29, 1.82) is 0 Å². The van der Waals surface area contributed by atoms with E-state index in [2.05, 4.69) is 62.3 Å². The summed E-state index contributed by atoms with van der Waals surface area (Å²) in [6.45, 7) is 25.5. The first kappa shape index (κ1) is 117. The van der Waals surface area contributed by atoms with Crippen LogP contribution in [0.1, 0.15) is 525 Å². The summed E-state index contributed by atoms with van der Waals surface area (Å²) >= 11 is 0. The quantitative estimate of drug-likeness (QED) is 0.0324. The lowest BCUT2D eigenvalue weighted by atomic mass is 10.1. The molecule has 780 valence electrons. The van der Waals surface area contributed by atoms with E-state index in [1.807, 2.05) is 55.0 Å². The van der Waals surface area contributed by atoms with Crippen LogP contribution in [0.5, 0.6) is 51.7 Å². The van der Waals surface area contributed by atoms with Gasteiger partial charge in [-0.05, 0) is 57.8 Å². The number of hydrogen-bond acceptors (Lipinski definition) is 18. The molecule has 21 nitrogen and oxygen atoms in total. The van der Waals surface area contributed by atoms with E-state index < -0.39 is 0 Å². The Morgan fingerprint density at radius 1 is 0.167 bits per heavy atom. The molecular formula is C117H198N12O9. The molecule has 0 fully saturated rings. The largest absolute Gasteiger partial charge is 0.489 e. The summed E-state index contributed by atoms with van der Waals surface area (Å²) < 4.78 is 67.4. The number of nitrogens with zero attached hydrogens (tertiary/aromatic N) is 12. The smallest absolute Gasteiger partial charge is 0.203 e. The van der Waals surface area contributed by atoms with Gasteiger partial charge in [-0.25, -0.2) is 29.0 Å². The minimum absolute atomic E-state index is 0.241. The predicted octanol–water partition coefficient (Wildman–Crippen LogP) is 35.3. The molecule has 7 rings (SSSR count). The van der Waals surface area contributed by atoms with Gasteiger partial charge in [0.05, 0.1) is 95.1 Å². The maximum atomic E-state index is 6.91. The van der Waals surface area contributed by atoms with Gasteiger partial charge in [-0.3, -0.25) is 0 Å². The molecule has 3 aromatic carbocycles. The van der Waals surface area contributed by atoms with E-state index in [1.54, 1.807) is 14.0 Å². The summed E-state index contributed by atoms with van der Waals surface area (Å²) in [5, 5.41) is 29.5. The molecule has 4 aromatic heterocycles. The molecule has 7 aromatic rings. The van der Waals surface area contributed by atoms with Crippen molar-refractivity contribution < 1.29 is 42.6 Å². The van der Waals surface area contributed by atoms with Gasteiger partial charge in [-0.15, -0.1) is 15.3 Å². The van der Waals surface area contributed by atoms with Crippen LogP contribution >= 0.6 is 0 Å². The first-order valence-corrected chi connectivity index (χ1v) is 58.0. The van der Waals surface area contributed by atoms with Crippen molar-refractivity contribution in [1.82, 2.24) is 59.9 Å². The molecule has 138 heavy (non-hydrogen) atoms. The van der Waals surface area contributed by atoms with Crippen molar-refractivity contribution in [3.05, 3.63) is 55.0 Å². The number of hydrogen-bond donors (Lipinski definition) is 0. The average Bonchev–Trinajstić information content (AvgIpc) is 1.62. The number of rotatable bonds is 96. The van der Waals surface area contributed by atoms with Crippen molar-refractivity contribution in [3.8, 4) is 103 Å². The molecule has 0 aliphatic carbocycles. The fourth-order valence-corrected chi connectivity index (χ4v) is 18.1. The molecule has 0 bridgehead atoms. The van der Waals surface area contributed by atoms with Gasteiger partial charge in [0.1, 0.15) is 0 Å². The predicted molar refractivity (Wildman–Crippen MR) is 574 cm³/mol. The van der Waals surface area contributed by atoms with E-state index in [-0.39, 0.29) is 17.5 Å².